The van der Waals surface area contributed by atoms with Gasteiger partial charge in [0.1, 0.15) is 18.0 Å². The fraction of sp³-hybridized carbons (Fsp3) is 0.357. The van der Waals surface area contributed by atoms with E-state index in [9.17, 15) is 14.9 Å². The Morgan fingerprint density at radius 3 is 2.60 bits per heavy atom. The molecule has 0 aliphatic rings. The van der Waals surface area contributed by atoms with Crippen LogP contribution in [0.15, 0.2) is 36.4 Å². The Hall–Kier alpha value is -2.37. The molecule has 0 saturated carbocycles. The van der Waals surface area contributed by atoms with Gasteiger partial charge in [-0.25, -0.2) is 4.79 Å². The number of non-ortho nitro benzene ring substituents is 1. The summed E-state index contributed by atoms with van der Waals surface area (Å²) in [7, 11) is 0. The van der Waals surface area contributed by atoms with Gasteiger partial charge in [0.05, 0.1) is 16.6 Å². The van der Waals surface area contributed by atoms with Crippen molar-refractivity contribution in [1.82, 2.24) is 0 Å². The molecule has 0 aliphatic carbocycles. The predicted octanol–water partition coefficient (Wildman–Crippen LogP) is 2.87. The first-order valence-electron chi connectivity index (χ1n) is 5.97. The molecular weight excluding hydrogens is 262 g/mol. The second-order valence-corrected chi connectivity index (χ2v) is 5.15. The number of nitrogens with zero attached hydrogens (tertiary/aromatic N) is 1. The minimum atomic E-state index is -0.606. The Balaban J connectivity index is 2.59. The minimum absolute atomic E-state index is 0.0784. The normalized spacial score (nSPS) is 10.8. The fourth-order valence-electron chi connectivity index (χ4n) is 1.27. The molecule has 0 atom stereocenters. The molecule has 20 heavy (non-hydrogen) atoms. The number of rotatable bonds is 5. The summed E-state index contributed by atoms with van der Waals surface area (Å²) >= 11 is 0. The molecule has 0 amide bonds. The summed E-state index contributed by atoms with van der Waals surface area (Å²) < 4.78 is 10.4. The van der Waals surface area contributed by atoms with Crippen molar-refractivity contribution >= 4 is 11.7 Å². The van der Waals surface area contributed by atoms with Crippen LogP contribution in [0.25, 0.3) is 0 Å². The third-order valence-corrected chi connectivity index (χ3v) is 2.13. The fourth-order valence-corrected chi connectivity index (χ4v) is 1.27. The number of esters is 1. The van der Waals surface area contributed by atoms with Crippen LogP contribution in [0.4, 0.5) is 5.69 Å². The highest BCUT2D eigenvalue weighted by Gasteiger charge is 2.19. The van der Waals surface area contributed by atoms with Crippen molar-refractivity contribution in [1.29, 1.82) is 0 Å². The zero-order valence-electron chi connectivity index (χ0n) is 11.7. The van der Waals surface area contributed by atoms with Crippen LogP contribution < -0.4 is 4.74 Å². The molecule has 1 aromatic carbocycles. The van der Waals surface area contributed by atoms with Crippen molar-refractivity contribution in [3.05, 3.63) is 46.5 Å². The molecule has 0 bridgehead atoms. The SMILES string of the molecule is C=C(COc1cccc([N+](=O)[O-])c1)C(=O)OC(C)(C)C. The molecule has 0 radical (unpaired) electrons. The number of ether oxygens (including phenoxy) is 2. The first kappa shape index (κ1) is 15.7. The number of nitro groups is 1. The van der Waals surface area contributed by atoms with Gasteiger partial charge < -0.3 is 9.47 Å². The highest BCUT2D eigenvalue weighted by Crippen LogP contribution is 2.19. The second kappa shape index (κ2) is 6.18. The van der Waals surface area contributed by atoms with Crippen LogP contribution in [0.1, 0.15) is 20.8 Å². The molecule has 0 unspecified atom stereocenters. The largest absolute Gasteiger partial charge is 0.488 e. The van der Waals surface area contributed by atoms with Gasteiger partial charge >= 0.3 is 5.97 Å². The van der Waals surface area contributed by atoms with E-state index in [0.717, 1.165) is 0 Å². The molecule has 1 aromatic rings. The van der Waals surface area contributed by atoms with Crippen molar-refractivity contribution in [2.75, 3.05) is 6.61 Å². The number of nitro benzene ring substituents is 1. The van der Waals surface area contributed by atoms with Crippen LogP contribution in [0, 0.1) is 10.1 Å². The first-order chi connectivity index (χ1) is 9.19. The number of hydrogen-bond donors (Lipinski definition) is 0. The van der Waals surface area contributed by atoms with E-state index >= 15 is 0 Å². The van der Waals surface area contributed by atoms with Gasteiger partial charge in [0.2, 0.25) is 0 Å². The third-order valence-electron chi connectivity index (χ3n) is 2.13. The van der Waals surface area contributed by atoms with Crippen LogP contribution in [0.5, 0.6) is 5.75 Å². The molecular formula is C14H17NO5. The second-order valence-electron chi connectivity index (χ2n) is 5.15. The molecule has 0 saturated heterocycles. The van der Waals surface area contributed by atoms with E-state index in [1.54, 1.807) is 26.8 Å². The lowest BCUT2D eigenvalue weighted by molar-refractivity contribution is -0.384. The van der Waals surface area contributed by atoms with Crippen LogP contribution in [-0.2, 0) is 9.53 Å². The Labute approximate surface area is 117 Å². The van der Waals surface area contributed by atoms with Gasteiger partial charge in [0, 0.05) is 6.07 Å². The molecule has 108 valence electrons. The van der Waals surface area contributed by atoms with Crippen LogP contribution in [0.3, 0.4) is 0 Å². The maximum atomic E-state index is 11.6. The molecule has 0 N–H and O–H groups in total. The monoisotopic (exact) mass is 279 g/mol. The lowest BCUT2D eigenvalue weighted by Crippen LogP contribution is -2.26. The highest BCUT2D eigenvalue weighted by atomic mass is 16.6. The molecule has 0 heterocycles. The van der Waals surface area contributed by atoms with E-state index in [0.29, 0.717) is 5.75 Å². The van der Waals surface area contributed by atoms with E-state index in [4.69, 9.17) is 9.47 Å². The van der Waals surface area contributed by atoms with E-state index in [1.807, 2.05) is 0 Å². The van der Waals surface area contributed by atoms with Gasteiger partial charge in [-0.3, -0.25) is 10.1 Å². The first-order valence-corrected chi connectivity index (χ1v) is 5.97. The third kappa shape index (κ3) is 5.09. The van der Waals surface area contributed by atoms with Crippen molar-refractivity contribution in [3.63, 3.8) is 0 Å². The average molecular weight is 279 g/mol. The summed E-state index contributed by atoms with van der Waals surface area (Å²) in [6.45, 7) is 8.74. The predicted molar refractivity (Wildman–Crippen MR) is 73.6 cm³/mol. The zero-order chi connectivity index (χ0) is 15.3. The zero-order valence-corrected chi connectivity index (χ0v) is 11.7. The van der Waals surface area contributed by atoms with Gasteiger partial charge in [-0.15, -0.1) is 0 Å². The molecule has 6 nitrogen and oxygen atoms in total. The van der Waals surface area contributed by atoms with E-state index in [2.05, 4.69) is 6.58 Å². The van der Waals surface area contributed by atoms with Crippen molar-refractivity contribution in [2.24, 2.45) is 0 Å². The summed E-state index contributed by atoms with van der Waals surface area (Å²) in [5.74, 6) is -0.258. The number of carbonyl (C=O) groups is 1. The van der Waals surface area contributed by atoms with Gasteiger partial charge in [-0.2, -0.15) is 0 Å². The van der Waals surface area contributed by atoms with E-state index in [1.165, 1.54) is 18.2 Å². The topological polar surface area (TPSA) is 78.7 Å². The van der Waals surface area contributed by atoms with Gasteiger partial charge in [0.15, 0.2) is 0 Å². The van der Waals surface area contributed by atoms with Crippen molar-refractivity contribution in [3.8, 4) is 5.75 Å². The maximum Gasteiger partial charge on any atom is 0.337 e. The van der Waals surface area contributed by atoms with Crippen LogP contribution >= 0.6 is 0 Å². The Kier molecular flexibility index (Phi) is 4.85. The van der Waals surface area contributed by atoms with Crippen molar-refractivity contribution in [2.45, 2.75) is 26.4 Å². The molecule has 1 rings (SSSR count). The van der Waals surface area contributed by atoms with E-state index < -0.39 is 16.5 Å². The number of benzene rings is 1. The van der Waals surface area contributed by atoms with E-state index in [-0.39, 0.29) is 17.9 Å². The van der Waals surface area contributed by atoms with Crippen molar-refractivity contribution < 1.29 is 19.2 Å². The lowest BCUT2D eigenvalue weighted by Gasteiger charge is -2.20. The summed E-state index contributed by atoms with van der Waals surface area (Å²) in [5.41, 5.74) is -0.539. The lowest BCUT2D eigenvalue weighted by atomic mass is 10.2. The maximum absolute atomic E-state index is 11.6. The highest BCUT2D eigenvalue weighted by molar-refractivity contribution is 5.88. The van der Waals surface area contributed by atoms with Gasteiger partial charge in [-0.1, -0.05) is 12.6 Å². The quantitative estimate of drug-likeness (QED) is 0.358. The molecule has 6 heteroatoms. The average Bonchev–Trinajstić information content (AvgIpc) is 2.34. The smallest absolute Gasteiger partial charge is 0.337 e. The minimum Gasteiger partial charge on any atom is -0.488 e. The Morgan fingerprint density at radius 2 is 2.05 bits per heavy atom. The molecule has 0 fully saturated rings. The summed E-state index contributed by atoms with van der Waals surface area (Å²) in [6, 6.07) is 5.71. The number of carbonyl (C=O) groups excluding carboxylic acids is 1. The number of hydrogen-bond acceptors (Lipinski definition) is 5. The van der Waals surface area contributed by atoms with Gasteiger partial charge in [0.25, 0.3) is 5.69 Å². The molecule has 0 aromatic heterocycles. The Morgan fingerprint density at radius 1 is 1.40 bits per heavy atom. The van der Waals surface area contributed by atoms with Crippen LogP contribution in [0.2, 0.25) is 0 Å². The molecule has 0 aliphatic heterocycles. The molecule has 0 spiro atoms. The standard InChI is InChI=1S/C14H17NO5/c1-10(13(16)20-14(2,3)4)9-19-12-7-5-6-11(8-12)15(17)18/h5-8H,1,9H2,2-4H3. The summed E-state index contributed by atoms with van der Waals surface area (Å²) in [6.07, 6.45) is 0. The van der Waals surface area contributed by atoms with Gasteiger partial charge in [-0.05, 0) is 26.8 Å². The van der Waals surface area contributed by atoms with Crippen LogP contribution in [-0.4, -0.2) is 23.1 Å². The summed E-state index contributed by atoms with van der Waals surface area (Å²) in [5, 5.41) is 10.6. The Bertz CT molecular complexity index is 531. The summed E-state index contributed by atoms with van der Waals surface area (Å²) in [4.78, 5) is 21.7.